The molecule has 0 radical (unpaired) electrons. The fraction of sp³-hybridized carbons (Fsp3) is 0.276. The highest BCUT2D eigenvalue weighted by molar-refractivity contribution is 6.00. The van der Waals surface area contributed by atoms with Crippen LogP contribution in [0, 0.1) is 26.7 Å². The van der Waals surface area contributed by atoms with Crippen LogP contribution >= 0.6 is 0 Å². The molecule has 1 heterocycles. The summed E-state index contributed by atoms with van der Waals surface area (Å²) in [5.41, 5.74) is 9.34. The topological polar surface area (TPSA) is 41.1 Å². The van der Waals surface area contributed by atoms with Crippen molar-refractivity contribution in [3.8, 4) is 0 Å². The van der Waals surface area contributed by atoms with Gasteiger partial charge >= 0.3 is 0 Å². The molecule has 32 heavy (non-hydrogen) atoms. The lowest BCUT2D eigenvalue weighted by Gasteiger charge is -2.39. The molecule has 3 heteroatoms. The molecule has 2 aliphatic rings. The fourth-order valence-electron chi connectivity index (χ4n) is 5.65. The van der Waals surface area contributed by atoms with Gasteiger partial charge in [-0.05, 0) is 67.0 Å². The lowest BCUT2D eigenvalue weighted by molar-refractivity contribution is 0.0951. The number of fused-ring (bicyclic) bond motifs is 3. The van der Waals surface area contributed by atoms with Crippen LogP contribution in [0.2, 0.25) is 0 Å². The van der Waals surface area contributed by atoms with E-state index in [0.29, 0.717) is 18.4 Å². The normalized spacial score (nSPS) is 20.9. The molecule has 3 aromatic carbocycles. The summed E-state index contributed by atoms with van der Waals surface area (Å²) in [5.74, 6) is 0.762. The number of allylic oxidation sites excluding steroid dienone is 2. The van der Waals surface area contributed by atoms with Gasteiger partial charge in [-0.25, -0.2) is 0 Å². The molecule has 3 nitrogen and oxygen atoms in total. The van der Waals surface area contributed by atoms with E-state index < -0.39 is 0 Å². The van der Waals surface area contributed by atoms with Crippen LogP contribution in [0.15, 0.2) is 72.8 Å². The summed E-state index contributed by atoms with van der Waals surface area (Å²) in [4.78, 5) is 13.2. The number of hydrogen-bond donors (Lipinski definition) is 2. The smallest absolute Gasteiger partial charge is 0.253 e. The van der Waals surface area contributed by atoms with Crippen LogP contribution in [0.1, 0.15) is 62.1 Å². The van der Waals surface area contributed by atoms with Crippen LogP contribution in [0.3, 0.4) is 0 Å². The first-order valence-corrected chi connectivity index (χ1v) is 11.5. The third-order valence-corrected chi connectivity index (χ3v) is 6.99. The molecule has 0 saturated carbocycles. The van der Waals surface area contributed by atoms with Gasteiger partial charge in [-0.2, -0.15) is 0 Å². The van der Waals surface area contributed by atoms with Crippen LogP contribution < -0.4 is 10.6 Å². The predicted octanol–water partition coefficient (Wildman–Crippen LogP) is 6.37. The summed E-state index contributed by atoms with van der Waals surface area (Å²) < 4.78 is 0. The van der Waals surface area contributed by atoms with Gasteiger partial charge in [0.05, 0.1) is 17.3 Å². The van der Waals surface area contributed by atoms with E-state index in [4.69, 9.17) is 0 Å². The molecule has 162 valence electrons. The first kappa shape index (κ1) is 20.6. The quantitative estimate of drug-likeness (QED) is 0.480. The average Bonchev–Trinajstić information content (AvgIpc) is 3.28. The summed E-state index contributed by atoms with van der Waals surface area (Å²) in [6.07, 6.45) is 5.70. The monoisotopic (exact) mass is 422 g/mol. The van der Waals surface area contributed by atoms with Gasteiger partial charge in [0.25, 0.3) is 5.91 Å². The molecule has 2 N–H and O–H groups in total. The zero-order valence-electron chi connectivity index (χ0n) is 19.0. The Balaban J connectivity index is 1.51. The Morgan fingerprint density at radius 1 is 1.00 bits per heavy atom. The van der Waals surface area contributed by atoms with Crippen molar-refractivity contribution in [3.63, 3.8) is 0 Å². The van der Waals surface area contributed by atoms with E-state index in [1.807, 2.05) is 42.5 Å². The van der Waals surface area contributed by atoms with E-state index in [1.54, 1.807) is 0 Å². The maximum atomic E-state index is 13.2. The Morgan fingerprint density at radius 2 is 1.75 bits per heavy atom. The highest BCUT2D eigenvalue weighted by atomic mass is 16.1. The van der Waals surface area contributed by atoms with Crippen molar-refractivity contribution < 1.29 is 4.79 Å². The first-order chi connectivity index (χ1) is 15.5. The number of carbonyl (C=O) groups excluding carboxylic acids is 1. The highest BCUT2D eigenvalue weighted by Gasteiger charge is 2.40. The molecule has 3 atom stereocenters. The van der Waals surface area contributed by atoms with Gasteiger partial charge in [-0.3, -0.25) is 4.79 Å². The Labute approximate surface area is 190 Å². The minimum atomic E-state index is -0.0327. The van der Waals surface area contributed by atoms with Crippen molar-refractivity contribution >= 4 is 11.6 Å². The second kappa shape index (κ2) is 8.31. The van der Waals surface area contributed by atoms with Gasteiger partial charge in [0.15, 0.2) is 0 Å². The van der Waals surface area contributed by atoms with E-state index in [0.717, 1.165) is 23.2 Å². The van der Waals surface area contributed by atoms with Crippen LogP contribution in [-0.2, 0) is 6.54 Å². The number of para-hydroxylation sites is 1. The van der Waals surface area contributed by atoms with E-state index in [1.165, 1.54) is 27.8 Å². The molecule has 1 aliphatic carbocycles. The molecule has 0 bridgehead atoms. The van der Waals surface area contributed by atoms with Gasteiger partial charge in [-0.15, -0.1) is 0 Å². The Morgan fingerprint density at radius 3 is 2.50 bits per heavy atom. The minimum absolute atomic E-state index is 0.0327. The number of amides is 1. The molecule has 0 spiro atoms. The number of nitrogens with one attached hydrogen (secondary N) is 2. The average molecular weight is 423 g/mol. The number of carbonyl (C=O) groups is 1. The van der Waals surface area contributed by atoms with E-state index in [-0.39, 0.29) is 11.9 Å². The van der Waals surface area contributed by atoms with Crippen molar-refractivity contribution in [3.05, 3.63) is 112 Å². The van der Waals surface area contributed by atoms with Crippen molar-refractivity contribution in [1.29, 1.82) is 0 Å². The molecule has 0 aromatic heterocycles. The Bertz CT molecular complexity index is 1170. The molecular weight excluding hydrogens is 392 g/mol. The number of benzene rings is 3. The van der Waals surface area contributed by atoms with Gasteiger partial charge in [0, 0.05) is 12.5 Å². The van der Waals surface area contributed by atoms with E-state index in [2.05, 4.69) is 61.8 Å². The summed E-state index contributed by atoms with van der Waals surface area (Å²) in [7, 11) is 0. The fourth-order valence-corrected chi connectivity index (χ4v) is 5.65. The summed E-state index contributed by atoms with van der Waals surface area (Å²) in [5, 5.41) is 6.95. The minimum Gasteiger partial charge on any atom is -0.377 e. The third-order valence-electron chi connectivity index (χ3n) is 6.99. The molecule has 1 aliphatic heterocycles. The molecule has 0 fully saturated rings. The zero-order chi connectivity index (χ0) is 22.2. The van der Waals surface area contributed by atoms with Crippen LogP contribution in [-0.4, -0.2) is 5.91 Å². The molecule has 5 rings (SSSR count). The second-order valence-electron chi connectivity index (χ2n) is 9.23. The van der Waals surface area contributed by atoms with Crippen LogP contribution in [0.4, 0.5) is 5.69 Å². The zero-order valence-corrected chi connectivity index (χ0v) is 19.0. The largest absolute Gasteiger partial charge is 0.377 e. The summed E-state index contributed by atoms with van der Waals surface area (Å²) >= 11 is 0. The number of aryl methyl sites for hydroxylation is 3. The van der Waals surface area contributed by atoms with E-state index in [9.17, 15) is 4.79 Å². The maximum absolute atomic E-state index is 13.2. The standard InChI is InChI=1S/C29H30N2O/c1-18-15-19(2)26(20(3)16-18)28-24-13-7-11-22(24)23-12-8-14-25(27(23)31-28)29(32)30-17-21-9-5-4-6-10-21/h4-12,14-16,22,24,28,31H,13,17H2,1-3H3,(H,30,32). The molecule has 0 saturated heterocycles. The second-order valence-corrected chi connectivity index (χ2v) is 9.23. The van der Waals surface area contributed by atoms with Crippen molar-refractivity contribution in [2.24, 2.45) is 5.92 Å². The Kier molecular flexibility index (Phi) is 5.34. The lowest BCUT2D eigenvalue weighted by Crippen LogP contribution is -2.32. The van der Waals surface area contributed by atoms with E-state index >= 15 is 0 Å². The first-order valence-electron chi connectivity index (χ1n) is 11.5. The summed E-state index contributed by atoms with van der Waals surface area (Å²) in [6, 6.07) is 20.9. The van der Waals surface area contributed by atoms with Gasteiger partial charge in [0.1, 0.15) is 0 Å². The van der Waals surface area contributed by atoms with Crippen LogP contribution in [0.5, 0.6) is 0 Å². The van der Waals surface area contributed by atoms with Crippen LogP contribution in [0.25, 0.3) is 0 Å². The van der Waals surface area contributed by atoms with Crippen molar-refractivity contribution in [1.82, 2.24) is 5.32 Å². The summed E-state index contributed by atoms with van der Waals surface area (Å²) in [6.45, 7) is 7.10. The molecular formula is C29H30N2O. The number of hydrogen-bond acceptors (Lipinski definition) is 2. The maximum Gasteiger partial charge on any atom is 0.253 e. The molecule has 3 unspecified atom stereocenters. The van der Waals surface area contributed by atoms with Gasteiger partial charge in [0.2, 0.25) is 0 Å². The molecule has 3 aromatic rings. The predicted molar refractivity (Wildman–Crippen MR) is 131 cm³/mol. The third kappa shape index (κ3) is 3.62. The highest BCUT2D eigenvalue weighted by Crippen LogP contribution is 2.51. The lowest BCUT2D eigenvalue weighted by atomic mass is 9.74. The number of anilines is 1. The molecule has 1 amide bonds. The number of rotatable bonds is 4. The SMILES string of the molecule is Cc1cc(C)c(C2Nc3c(C(=O)NCc4ccccc4)cccc3C3C=CCC32)c(C)c1. The van der Waals surface area contributed by atoms with Crippen molar-refractivity contribution in [2.75, 3.05) is 5.32 Å². The van der Waals surface area contributed by atoms with Crippen molar-refractivity contribution in [2.45, 2.75) is 45.7 Å². The van der Waals surface area contributed by atoms with Gasteiger partial charge in [-0.1, -0.05) is 72.3 Å². The Hall–Kier alpha value is -3.33. The van der Waals surface area contributed by atoms with Gasteiger partial charge < -0.3 is 10.6 Å².